The molecule has 9 nitrogen and oxygen atoms in total. The topological polar surface area (TPSA) is 99.3 Å². The lowest BCUT2D eigenvalue weighted by Gasteiger charge is -2.29. The molecule has 2 heterocycles. The van der Waals surface area contributed by atoms with Crippen LogP contribution in [0.3, 0.4) is 0 Å². The van der Waals surface area contributed by atoms with Gasteiger partial charge in [0.25, 0.3) is 5.91 Å². The number of rotatable bonds is 7. The van der Waals surface area contributed by atoms with Crippen LogP contribution >= 0.6 is 0 Å². The lowest BCUT2D eigenvalue weighted by molar-refractivity contribution is -0.129. The minimum atomic E-state index is -3.63. The second-order valence-electron chi connectivity index (χ2n) is 7.91. The molecule has 0 aromatic heterocycles. The van der Waals surface area contributed by atoms with Crippen LogP contribution in [0, 0.1) is 5.92 Å². The SMILES string of the molecule is CN(C)S(=O)(=O)c1cccc(C(=O)NCC(=O)N2CCC(CN3CCOCC3)C2)c1. The lowest BCUT2D eigenvalue weighted by Crippen LogP contribution is -2.41. The molecular weight excluding hydrogens is 408 g/mol. The van der Waals surface area contributed by atoms with Crippen LogP contribution in [0.1, 0.15) is 16.8 Å². The zero-order valence-corrected chi connectivity index (χ0v) is 18.4. The fourth-order valence-electron chi connectivity index (χ4n) is 3.74. The molecule has 1 unspecified atom stereocenters. The molecule has 0 bridgehead atoms. The lowest BCUT2D eigenvalue weighted by atomic mass is 10.1. The molecule has 1 N–H and O–H groups in total. The van der Waals surface area contributed by atoms with Crippen molar-refractivity contribution in [1.29, 1.82) is 0 Å². The number of hydrogen-bond donors (Lipinski definition) is 1. The average Bonchev–Trinajstić information content (AvgIpc) is 3.21. The van der Waals surface area contributed by atoms with Crippen LogP contribution in [0.15, 0.2) is 29.2 Å². The zero-order valence-electron chi connectivity index (χ0n) is 17.5. The van der Waals surface area contributed by atoms with E-state index in [1.54, 1.807) is 4.90 Å². The highest BCUT2D eigenvalue weighted by Gasteiger charge is 2.28. The van der Waals surface area contributed by atoms with Crippen LogP contribution < -0.4 is 5.32 Å². The molecule has 0 saturated carbocycles. The molecule has 1 aromatic rings. The van der Waals surface area contributed by atoms with E-state index in [0.29, 0.717) is 19.0 Å². The van der Waals surface area contributed by atoms with Crippen LogP contribution in [0.5, 0.6) is 0 Å². The minimum Gasteiger partial charge on any atom is -0.379 e. The summed E-state index contributed by atoms with van der Waals surface area (Å²) in [5.74, 6) is -0.149. The van der Waals surface area contributed by atoms with Gasteiger partial charge in [0.1, 0.15) is 0 Å². The first-order chi connectivity index (χ1) is 14.3. The summed E-state index contributed by atoms with van der Waals surface area (Å²) < 4.78 is 30.9. The zero-order chi connectivity index (χ0) is 21.7. The van der Waals surface area contributed by atoms with Gasteiger partial charge in [-0.15, -0.1) is 0 Å². The minimum absolute atomic E-state index is 0.0389. The average molecular weight is 439 g/mol. The molecule has 0 aliphatic carbocycles. The van der Waals surface area contributed by atoms with Crippen molar-refractivity contribution in [3.63, 3.8) is 0 Å². The Kier molecular flexibility index (Phi) is 7.45. The first-order valence-electron chi connectivity index (χ1n) is 10.2. The Morgan fingerprint density at radius 2 is 1.93 bits per heavy atom. The van der Waals surface area contributed by atoms with Crippen molar-refractivity contribution in [2.75, 3.05) is 66.6 Å². The van der Waals surface area contributed by atoms with Gasteiger partial charge in [-0.3, -0.25) is 14.5 Å². The Morgan fingerprint density at radius 3 is 2.63 bits per heavy atom. The van der Waals surface area contributed by atoms with Crippen molar-refractivity contribution in [2.24, 2.45) is 5.92 Å². The maximum absolute atomic E-state index is 12.5. The van der Waals surface area contributed by atoms with E-state index in [9.17, 15) is 18.0 Å². The number of likely N-dealkylation sites (tertiary alicyclic amines) is 1. The number of nitrogens with zero attached hydrogens (tertiary/aromatic N) is 3. The summed E-state index contributed by atoms with van der Waals surface area (Å²) in [5, 5.41) is 2.61. The summed E-state index contributed by atoms with van der Waals surface area (Å²) in [6.07, 6.45) is 0.960. The van der Waals surface area contributed by atoms with Gasteiger partial charge >= 0.3 is 0 Å². The van der Waals surface area contributed by atoms with Gasteiger partial charge < -0.3 is 15.0 Å². The number of ether oxygens (including phenoxy) is 1. The van der Waals surface area contributed by atoms with Gasteiger partial charge in [0.05, 0.1) is 24.7 Å². The van der Waals surface area contributed by atoms with E-state index in [4.69, 9.17) is 4.74 Å². The molecule has 2 aliphatic heterocycles. The number of carbonyl (C=O) groups is 2. The summed E-state index contributed by atoms with van der Waals surface area (Å²) in [6.45, 7) is 5.65. The van der Waals surface area contributed by atoms with Crippen LogP contribution in [-0.2, 0) is 19.6 Å². The summed E-state index contributed by atoms with van der Waals surface area (Å²) in [6, 6.07) is 5.81. The molecule has 10 heteroatoms. The van der Waals surface area contributed by atoms with Gasteiger partial charge in [-0.25, -0.2) is 12.7 Å². The molecule has 1 aromatic carbocycles. The van der Waals surface area contributed by atoms with Crippen LogP contribution in [0.25, 0.3) is 0 Å². The fraction of sp³-hybridized carbons (Fsp3) is 0.600. The Balaban J connectivity index is 1.49. The van der Waals surface area contributed by atoms with Gasteiger partial charge in [0.2, 0.25) is 15.9 Å². The molecule has 1 atom stereocenters. The smallest absolute Gasteiger partial charge is 0.251 e. The third kappa shape index (κ3) is 5.57. The normalized spacial score (nSPS) is 20.5. The van der Waals surface area contributed by atoms with E-state index in [0.717, 1.165) is 43.6 Å². The molecule has 2 saturated heterocycles. The van der Waals surface area contributed by atoms with Crippen molar-refractivity contribution >= 4 is 21.8 Å². The highest BCUT2D eigenvalue weighted by molar-refractivity contribution is 7.89. The third-order valence-electron chi connectivity index (χ3n) is 5.53. The first-order valence-corrected chi connectivity index (χ1v) is 11.6. The Hall–Kier alpha value is -2.01. The van der Waals surface area contributed by atoms with Crippen molar-refractivity contribution in [3.8, 4) is 0 Å². The van der Waals surface area contributed by atoms with E-state index in [-0.39, 0.29) is 22.9 Å². The molecule has 3 rings (SSSR count). The summed E-state index contributed by atoms with van der Waals surface area (Å²) in [4.78, 5) is 29.1. The number of hydrogen-bond acceptors (Lipinski definition) is 6. The number of carbonyl (C=O) groups excluding carboxylic acids is 2. The molecule has 30 heavy (non-hydrogen) atoms. The number of sulfonamides is 1. The molecular formula is C20H30N4O5S. The number of amides is 2. The van der Waals surface area contributed by atoms with Gasteiger partial charge in [0, 0.05) is 52.4 Å². The molecule has 0 radical (unpaired) electrons. The van der Waals surface area contributed by atoms with Gasteiger partial charge in [-0.05, 0) is 30.5 Å². The third-order valence-corrected chi connectivity index (χ3v) is 7.34. The number of morpholine rings is 1. The number of benzene rings is 1. The van der Waals surface area contributed by atoms with Crippen LogP contribution in [0.2, 0.25) is 0 Å². The Bertz CT molecular complexity index is 868. The fourth-order valence-corrected chi connectivity index (χ4v) is 4.68. The highest BCUT2D eigenvalue weighted by Crippen LogP contribution is 2.18. The predicted molar refractivity (Wildman–Crippen MR) is 112 cm³/mol. The maximum atomic E-state index is 12.5. The second kappa shape index (κ2) is 9.86. The monoisotopic (exact) mass is 438 g/mol. The van der Waals surface area contributed by atoms with Gasteiger partial charge in [-0.1, -0.05) is 6.07 Å². The van der Waals surface area contributed by atoms with Crippen molar-refractivity contribution in [3.05, 3.63) is 29.8 Å². The number of nitrogens with one attached hydrogen (secondary N) is 1. The van der Waals surface area contributed by atoms with Crippen molar-refractivity contribution in [1.82, 2.24) is 19.4 Å². The van der Waals surface area contributed by atoms with E-state index in [1.807, 2.05) is 0 Å². The summed E-state index contributed by atoms with van der Waals surface area (Å²) in [7, 11) is -0.762. The Labute approximate surface area is 178 Å². The summed E-state index contributed by atoms with van der Waals surface area (Å²) in [5.41, 5.74) is 0.206. The highest BCUT2D eigenvalue weighted by atomic mass is 32.2. The van der Waals surface area contributed by atoms with E-state index < -0.39 is 15.9 Å². The quantitative estimate of drug-likeness (QED) is 0.636. The second-order valence-corrected chi connectivity index (χ2v) is 10.1. The van der Waals surface area contributed by atoms with Gasteiger partial charge in [0.15, 0.2) is 0 Å². The summed E-state index contributed by atoms with van der Waals surface area (Å²) >= 11 is 0. The molecule has 2 fully saturated rings. The van der Waals surface area contributed by atoms with Crippen molar-refractivity contribution < 1.29 is 22.7 Å². The largest absolute Gasteiger partial charge is 0.379 e. The first kappa shape index (κ1) is 22.7. The maximum Gasteiger partial charge on any atom is 0.251 e. The van der Waals surface area contributed by atoms with E-state index >= 15 is 0 Å². The predicted octanol–water partition coefficient (Wildman–Crippen LogP) is -0.153. The Morgan fingerprint density at radius 1 is 1.20 bits per heavy atom. The molecule has 0 spiro atoms. The van der Waals surface area contributed by atoms with Crippen LogP contribution in [0.4, 0.5) is 0 Å². The van der Waals surface area contributed by atoms with Crippen molar-refractivity contribution in [2.45, 2.75) is 11.3 Å². The molecule has 166 valence electrons. The van der Waals surface area contributed by atoms with Gasteiger partial charge in [-0.2, -0.15) is 0 Å². The van der Waals surface area contributed by atoms with Crippen LogP contribution in [-0.4, -0.2) is 101 Å². The standard InChI is InChI=1S/C20H30N4O5S/c1-22(2)30(27,28)18-5-3-4-17(12-18)20(26)21-13-19(25)24-7-6-16(15-24)14-23-8-10-29-11-9-23/h3-5,12,16H,6-11,13-15H2,1-2H3,(H,21,26). The van der Waals surface area contributed by atoms with E-state index in [2.05, 4.69) is 10.2 Å². The van der Waals surface area contributed by atoms with E-state index in [1.165, 1.54) is 38.4 Å². The molecule has 2 aliphatic rings. The molecule has 2 amide bonds.